The number of aryl methyl sites for hydroxylation is 1. The SMILES string of the molecule is CCC/C=C/[C@H]1CO[C@H](c2ccc(CCC3CC=C(F)CC3)cc2)OC1. The second-order valence-corrected chi connectivity index (χ2v) is 7.55. The summed E-state index contributed by atoms with van der Waals surface area (Å²) in [6, 6.07) is 8.59. The third kappa shape index (κ3) is 5.78. The molecule has 0 spiro atoms. The van der Waals surface area contributed by atoms with Crippen molar-refractivity contribution < 1.29 is 13.9 Å². The Balaban J connectivity index is 1.43. The van der Waals surface area contributed by atoms with Crippen molar-refractivity contribution >= 4 is 0 Å². The summed E-state index contributed by atoms with van der Waals surface area (Å²) in [4.78, 5) is 0. The molecule has 3 rings (SSSR count). The first kappa shape index (κ1) is 19.3. The van der Waals surface area contributed by atoms with Gasteiger partial charge in [-0.3, -0.25) is 0 Å². The molecular weight excluding hydrogens is 327 g/mol. The van der Waals surface area contributed by atoms with E-state index < -0.39 is 0 Å². The smallest absolute Gasteiger partial charge is 0.183 e. The number of ether oxygens (including phenoxy) is 2. The Morgan fingerprint density at radius 1 is 1.15 bits per heavy atom. The van der Waals surface area contributed by atoms with Crippen molar-refractivity contribution in [3.8, 4) is 0 Å². The van der Waals surface area contributed by atoms with Gasteiger partial charge in [-0.05, 0) is 50.0 Å². The van der Waals surface area contributed by atoms with E-state index in [4.69, 9.17) is 9.47 Å². The Kier molecular flexibility index (Phi) is 7.45. The molecule has 1 saturated heterocycles. The van der Waals surface area contributed by atoms with Gasteiger partial charge in [0.05, 0.1) is 19.0 Å². The highest BCUT2D eigenvalue weighted by Crippen LogP contribution is 2.29. The number of hydrogen-bond acceptors (Lipinski definition) is 2. The summed E-state index contributed by atoms with van der Waals surface area (Å²) in [5.41, 5.74) is 2.42. The molecule has 1 aromatic rings. The van der Waals surface area contributed by atoms with Crippen LogP contribution in [0.4, 0.5) is 4.39 Å². The quantitative estimate of drug-likeness (QED) is 0.533. The van der Waals surface area contributed by atoms with Gasteiger partial charge in [0.15, 0.2) is 6.29 Å². The monoisotopic (exact) mass is 358 g/mol. The number of allylic oxidation sites excluding steroid dienone is 3. The molecule has 3 heteroatoms. The Hall–Kier alpha value is -1.45. The molecule has 0 amide bonds. The molecule has 142 valence electrons. The van der Waals surface area contributed by atoms with E-state index in [1.54, 1.807) is 6.08 Å². The second-order valence-electron chi connectivity index (χ2n) is 7.55. The number of halogens is 1. The summed E-state index contributed by atoms with van der Waals surface area (Å²) in [5, 5.41) is 0. The predicted octanol–water partition coefficient (Wildman–Crippen LogP) is 6.29. The van der Waals surface area contributed by atoms with Gasteiger partial charge in [0.25, 0.3) is 0 Å². The van der Waals surface area contributed by atoms with Crippen LogP contribution < -0.4 is 0 Å². The van der Waals surface area contributed by atoms with Gasteiger partial charge >= 0.3 is 0 Å². The van der Waals surface area contributed by atoms with E-state index in [1.807, 2.05) is 0 Å². The first-order chi connectivity index (χ1) is 12.7. The number of benzene rings is 1. The van der Waals surface area contributed by atoms with E-state index in [0.717, 1.165) is 50.9 Å². The lowest BCUT2D eigenvalue weighted by atomic mass is 9.88. The lowest BCUT2D eigenvalue weighted by Crippen LogP contribution is -2.25. The van der Waals surface area contributed by atoms with Crippen LogP contribution in [0.2, 0.25) is 0 Å². The van der Waals surface area contributed by atoms with Crippen LogP contribution in [0.25, 0.3) is 0 Å². The third-order valence-corrected chi connectivity index (χ3v) is 5.34. The first-order valence-corrected chi connectivity index (χ1v) is 10.1. The molecule has 26 heavy (non-hydrogen) atoms. The number of rotatable bonds is 7. The van der Waals surface area contributed by atoms with Gasteiger partial charge in [0.1, 0.15) is 0 Å². The zero-order valence-electron chi connectivity index (χ0n) is 15.8. The first-order valence-electron chi connectivity index (χ1n) is 10.1. The average molecular weight is 358 g/mol. The highest BCUT2D eigenvalue weighted by atomic mass is 19.1. The van der Waals surface area contributed by atoms with Crippen molar-refractivity contribution in [1.29, 1.82) is 0 Å². The molecule has 1 aromatic carbocycles. The van der Waals surface area contributed by atoms with Gasteiger partial charge in [-0.1, -0.05) is 55.8 Å². The van der Waals surface area contributed by atoms with Crippen molar-refractivity contribution in [1.82, 2.24) is 0 Å². The van der Waals surface area contributed by atoms with Crippen molar-refractivity contribution in [2.75, 3.05) is 13.2 Å². The van der Waals surface area contributed by atoms with Crippen LogP contribution in [-0.2, 0) is 15.9 Å². The maximum atomic E-state index is 13.1. The van der Waals surface area contributed by atoms with Gasteiger partial charge in [0, 0.05) is 11.5 Å². The summed E-state index contributed by atoms with van der Waals surface area (Å²) < 4.78 is 24.9. The largest absolute Gasteiger partial charge is 0.348 e. The average Bonchev–Trinajstić information content (AvgIpc) is 2.69. The lowest BCUT2D eigenvalue weighted by Gasteiger charge is -2.28. The molecule has 1 unspecified atom stereocenters. The Labute approximate surface area is 157 Å². The molecule has 0 bridgehead atoms. The Morgan fingerprint density at radius 2 is 1.92 bits per heavy atom. The molecule has 1 fully saturated rings. The van der Waals surface area contributed by atoms with Crippen LogP contribution in [0.3, 0.4) is 0 Å². The highest BCUT2D eigenvalue weighted by molar-refractivity contribution is 5.24. The maximum Gasteiger partial charge on any atom is 0.183 e. The second kappa shape index (κ2) is 10.0. The van der Waals surface area contributed by atoms with Crippen LogP contribution in [0, 0.1) is 11.8 Å². The van der Waals surface area contributed by atoms with Crippen LogP contribution in [0.15, 0.2) is 48.3 Å². The van der Waals surface area contributed by atoms with Crippen LogP contribution in [0.5, 0.6) is 0 Å². The summed E-state index contributed by atoms with van der Waals surface area (Å²) in [7, 11) is 0. The Morgan fingerprint density at radius 3 is 2.58 bits per heavy atom. The van der Waals surface area contributed by atoms with E-state index in [9.17, 15) is 4.39 Å². The third-order valence-electron chi connectivity index (χ3n) is 5.34. The van der Waals surface area contributed by atoms with Gasteiger partial charge in [-0.15, -0.1) is 0 Å². The lowest BCUT2D eigenvalue weighted by molar-refractivity contribution is -0.197. The molecule has 0 radical (unpaired) electrons. The summed E-state index contributed by atoms with van der Waals surface area (Å²) >= 11 is 0. The van der Waals surface area contributed by atoms with Crippen LogP contribution in [0.1, 0.15) is 62.9 Å². The molecular formula is C23H31FO2. The van der Waals surface area contributed by atoms with Crippen molar-refractivity contribution in [3.05, 3.63) is 59.4 Å². The van der Waals surface area contributed by atoms with E-state index >= 15 is 0 Å². The zero-order valence-corrected chi connectivity index (χ0v) is 15.8. The molecule has 1 aliphatic carbocycles. The van der Waals surface area contributed by atoms with Gasteiger partial charge in [-0.25, -0.2) is 4.39 Å². The minimum absolute atomic E-state index is 0.0705. The number of unbranched alkanes of at least 4 members (excludes halogenated alkanes) is 1. The number of hydrogen-bond donors (Lipinski definition) is 0. The molecule has 1 aliphatic heterocycles. The normalized spacial score (nSPS) is 26.8. The minimum atomic E-state index is -0.244. The fourth-order valence-electron chi connectivity index (χ4n) is 3.61. The van der Waals surface area contributed by atoms with Gasteiger partial charge in [-0.2, -0.15) is 0 Å². The van der Waals surface area contributed by atoms with Gasteiger partial charge < -0.3 is 9.47 Å². The van der Waals surface area contributed by atoms with E-state index in [2.05, 4.69) is 43.3 Å². The van der Waals surface area contributed by atoms with Crippen molar-refractivity contribution in [3.63, 3.8) is 0 Å². The van der Waals surface area contributed by atoms with Crippen molar-refractivity contribution in [2.24, 2.45) is 11.8 Å². The molecule has 1 heterocycles. The van der Waals surface area contributed by atoms with Crippen LogP contribution >= 0.6 is 0 Å². The molecule has 0 saturated carbocycles. The highest BCUT2D eigenvalue weighted by Gasteiger charge is 2.22. The van der Waals surface area contributed by atoms with Crippen LogP contribution in [-0.4, -0.2) is 13.2 Å². The standard InChI is InChI=1S/C23H31FO2/c1-2-3-4-5-20-16-25-23(26-17-20)21-12-8-18(9-13-21)6-7-19-10-14-22(24)15-11-19/h4-5,8-9,12-14,19-20,23H,2-3,6-7,10-11,15-17H2,1H3/b5-4+/t19?,20-,23-. The van der Waals surface area contributed by atoms with E-state index in [-0.39, 0.29) is 12.1 Å². The molecule has 2 aliphatic rings. The zero-order chi connectivity index (χ0) is 18.2. The fourth-order valence-corrected chi connectivity index (χ4v) is 3.61. The molecule has 1 atom stereocenters. The summed E-state index contributed by atoms with van der Waals surface area (Å²) in [6.07, 6.45) is 12.9. The predicted molar refractivity (Wildman–Crippen MR) is 103 cm³/mol. The Bertz CT molecular complexity index is 597. The van der Waals surface area contributed by atoms with Crippen molar-refractivity contribution in [2.45, 2.75) is 58.2 Å². The summed E-state index contributed by atoms with van der Waals surface area (Å²) in [6.45, 7) is 3.63. The van der Waals surface area contributed by atoms with Gasteiger partial charge in [0.2, 0.25) is 0 Å². The topological polar surface area (TPSA) is 18.5 Å². The fraction of sp³-hybridized carbons (Fsp3) is 0.565. The van der Waals surface area contributed by atoms with E-state index in [0.29, 0.717) is 18.3 Å². The minimum Gasteiger partial charge on any atom is -0.348 e. The maximum absolute atomic E-state index is 13.1. The molecule has 0 aromatic heterocycles. The van der Waals surface area contributed by atoms with E-state index in [1.165, 1.54) is 12.0 Å². The summed E-state index contributed by atoms with van der Waals surface area (Å²) in [5.74, 6) is 1.06. The molecule has 2 nitrogen and oxygen atoms in total. The molecule has 0 N–H and O–H groups in total.